The Morgan fingerprint density at radius 2 is 2.03 bits per heavy atom. The zero-order chi connectivity index (χ0) is 20.5. The van der Waals surface area contributed by atoms with Crippen molar-refractivity contribution in [3.8, 4) is 5.75 Å². The summed E-state index contributed by atoms with van der Waals surface area (Å²) < 4.78 is 11.4. The van der Waals surface area contributed by atoms with E-state index in [9.17, 15) is 9.59 Å². The van der Waals surface area contributed by atoms with Crippen LogP contribution in [0.15, 0.2) is 40.8 Å². The van der Waals surface area contributed by atoms with Gasteiger partial charge in [-0.15, -0.1) is 0 Å². The molecule has 0 saturated carbocycles. The van der Waals surface area contributed by atoms with Crippen molar-refractivity contribution in [1.82, 2.24) is 4.90 Å². The Bertz CT molecular complexity index is 1070. The molecule has 1 aromatic heterocycles. The number of amides is 2. The highest BCUT2D eigenvalue weighted by Gasteiger charge is 2.30. The van der Waals surface area contributed by atoms with Gasteiger partial charge in [-0.3, -0.25) is 14.5 Å². The van der Waals surface area contributed by atoms with Gasteiger partial charge in [-0.1, -0.05) is 18.2 Å². The molecule has 1 aliphatic heterocycles. The monoisotopic (exact) mass is 395 g/mol. The van der Waals surface area contributed by atoms with Gasteiger partial charge in [0.05, 0.1) is 24.8 Å². The summed E-state index contributed by atoms with van der Waals surface area (Å²) in [7, 11) is 1.57. The minimum Gasteiger partial charge on any atom is -0.495 e. The van der Waals surface area contributed by atoms with E-state index in [4.69, 9.17) is 14.9 Å². The number of benzene rings is 2. The lowest BCUT2D eigenvalue weighted by atomic mass is 9.96. The van der Waals surface area contributed by atoms with Crippen LogP contribution in [0, 0.1) is 5.92 Å². The second-order valence-electron chi connectivity index (χ2n) is 7.55. The van der Waals surface area contributed by atoms with E-state index in [0.717, 1.165) is 35.7 Å². The number of hydrogen-bond acceptors (Lipinski definition) is 5. The number of furan rings is 1. The molecule has 2 amide bonds. The standard InChI is InChI=1S/C22H25N3O4/c1-13(25-9-5-6-14(12-25)21(23)26)22(27)24-17-11-19-16(10-20(17)28-2)15-7-3-4-8-18(15)29-19/h3-4,7-8,10-11,13-14H,5-6,9,12H2,1-2H3,(H2,23,26)(H,24,27)/t13-,14-/m0/s1. The molecule has 0 spiro atoms. The maximum absolute atomic E-state index is 12.9. The number of nitrogens with two attached hydrogens (primary N) is 1. The number of likely N-dealkylation sites (tertiary alicyclic amines) is 1. The third-order valence-corrected chi connectivity index (χ3v) is 5.74. The fraction of sp³-hybridized carbons (Fsp3) is 0.364. The summed E-state index contributed by atoms with van der Waals surface area (Å²) in [6.45, 7) is 3.10. The van der Waals surface area contributed by atoms with Crippen molar-refractivity contribution in [3.05, 3.63) is 36.4 Å². The molecule has 152 valence electrons. The van der Waals surface area contributed by atoms with Crippen molar-refractivity contribution in [2.75, 3.05) is 25.5 Å². The molecule has 7 nitrogen and oxygen atoms in total. The summed E-state index contributed by atoms with van der Waals surface area (Å²) in [5, 5.41) is 4.89. The molecule has 3 aromatic rings. The van der Waals surface area contributed by atoms with Gasteiger partial charge >= 0.3 is 0 Å². The number of methoxy groups -OCH3 is 1. The number of rotatable bonds is 5. The Hall–Kier alpha value is -3.06. The van der Waals surface area contributed by atoms with Gasteiger partial charge in [0.15, 0.2) is 0 Å². The molecule has 1 aliphatic rings. The van der Waals surface area contributed by atoms with Crippen LogP contribution < -0.4 is 15.8 Å². The van der Waals surface area contributed by atoms with Gasteiger partial charge < -0.3 is 20.2 Å². The van der Waals surface area contributed by atoms with Crippen molar-refractivity contribution in [3.63, 3.8) is 0 Å². The van der Waals surface area contributed by atoms with E-state index in [1.165, 1.54) is 0 Å². The molecular weight excluding hydrogens is 370 g/mol. The smallest absolute Gasteiger partial charge is 0.241 e. The highest BCUT2D eigenvalue weighted by molar-refractivity contribution is 6.08. The Labute approximate surface area is 168 Å². The maximum Gasteiger partial charge on any atom is 0.241 e. The number of carbonyl (C=O) groups excluding carboxylic acids is 2. The van der Waals surface area contributed by atoms with Crippen LogP contribution in [0.25, 0.3) is 21.9 Å². The Kier molecular flexibility index (Phi) is 5.15. The molecule has 1 saturated heterocycles. The van der Waals surface area contributed by atoms with E-state index >= 15 is 0 Å². The Morgan fingerprint density at radius 3 is 2.79 bits per heavy atom. The van der Waals surface area contributed by atoms with Crippen molar-refractivity contribution >= 4 is 39.4 Å². The first-order valence-electron chi connectivity index (χ1n) is 9.81. The number of hydrogen-bond donors (Lipinski definition) is 2. The molecule has 0 bridgehead atoms. The summed E-state index contributed by atoms with van der Waals surface area (Å²) in [6, 6.07) is 11.1. The number of nitrogens with one attached hydrogen (secondary N) is 1. The number of fused-ring (bicyclic) bond motifs is 3. The SMILES string of the molecule is COc1cc2c(cc1NC(=O)[C@H](C)N1CCC[C@H](C(N)=O)C1)oc1ccccc12. The van der Waals surface area contributed by atoms with Crippen LogP contribution in [-0.4, -0.2) is 43.0 Å². The lowest BCUT2D eigenvalue weighted by molar-refractivity contribution is -0.127. The zero-order valence-electron chi connectivity index (χ0n) is 16.6. The summed E-state index contributed by atoms with van der Waals surface area (Å²) in [5.74, 6) is -0.109. The predicted octanol–water partition coefficient (Wildman–Crippen LogP) is 3.12. The molecule has 29 heavy (non-hydrogen) atoms. The Balaban J connectivity index is 1.58. The summed E-state index contributed by atoms with van der Waals surface area (Å²) in [5.41, 5.74) is 7.48. The van der Waals surface area contributed by atoms with Gasteiger partial charge in [0.2, 0.25) is 11.8 Å². The molecule has 0 aliphatic carbocycles. The summed E-state index contributed by atoms with van der Waals surface area (Å²) in [6.07, 6.45) is 1.62. The van der Waals surface area contributed by atoms with Gasteiger partial charge in [-0.05, 0) is 38.4 Å². The summed E-state index contributed by atoms with van der Waals surface area (Å²) >= 11 is 0. The van der Waals surface area contributed by atoms with Crippen molar-refractivity contribution in [1.29, 1.82) is 0 Å². The average Bonchev–Trinajstić information content (AvgIpc) is 3.09. The van der Waals surface area contributed by atoms with Crippen LogP contribution in [0.1, 0.15) is 19.8 Å². The van der Waals surface area contributed by atoms with Crippen LogP contribution >= 0.6 is 0 Å². The minimum absolute atomic E-state index is 0.163. The van der Waals surface area contributed by atoms with Crippen molar-refractivity contribution in [2.45, 2.75) is 25.8 Å². The van der Waals surface area contributed by atoms with Gasteiger partial charge in [-0.2, -0.15) is 0 Å². The van der Waals surface area contributed by atoms with Gasteiger partial charge in [0, 0.05) is 23.4 Å². The highest BCUT2D eigenvalue weighted by Crippen LogP contribution is 2.36. The third kappa shape index (κ3) is 3.65. The number of primary amides is 1. The van der Waals surface area contributed by atoms with E-state index in [1.54, 1.807) is 13.2 Å². The van der Waals surface area contributed by atoms with E-state index < -0.39 is 6.04 Å². The lowest BCUT2D eigenvalue weighted by Crippen LogP contribution is -2.49. The molecule has 0 unspecified atom stereocenters. The van der Waals surface area contributed by atoms with Gasteiger partial charge in [0.25, 0.3) is 0 Å². The molecule has 7 heteroatoms. The fourth-order valence-corrected chi connectivity index (χ4v) is 4.01. The van der Waals surface area contributed by atoms with E-state index in [-0.39, 0.29) is 17.7 Å². The molecule has 3 N–H and O–H groups in total. The first kappa shape index (κ1) is 19.3. The number of anilines is 1. The van der Waals surface area contributed by atoms with E-state index in [2.05, 4.69) is 5.32 Å². The summed E-state index contributed by atoms with van der Waals surface area (Å²) in [4.78, 5) is 26.4. The lowest BCUT2D eigenvalue weighted by Gasteiger charge is -2.34. The predicted molar refractivity (Wildman–Crippen MR) is 112 cm³/mol. The second kappa shape index (κ2) is 7.75. The molecule has 0 radical (unpaired) electrons. The fourth-order valence-electron chi connectivity index (χ4n) is 4.01. The van der Waals surface area contributed by atoms with Crippen LogP contribution in [0.5, 0.6) is 5.75 Å². The first-order valence-corrected chi connectivity index (χ1v) is 9.81. The highest BCUT2D eigenvalue weighted by atomic mass is 16.5. The molecule has 4 rings (SSSR count). The van der Waals surface area contributed by atoms with Crippen LogP contribution in [0.2, 0.25) is 0 Å². The van der Waals surface area contributed by atoms with Crippen LogP contribution in [-0.2, 0) is 9.59 Å². The number of piperidine rings is 1. The molecular formula is C22H25N3O4. The van der Waals surface area contributed by atoms with Gasteiger partial charge in [-0.25, -0.2) is 0 Å². The van der Waals surface area contributed by atoms with Gasteiger partial charge in [0.1, 0.15) is 16.9 Å². The number of para-hydroxylation sites is 1. The van der Waals surface area contributed by atoms with Crippen LogP contribution in [0.4, 0.5) is 5.69 Å². The van der Waals surface area contributed by atoms with Crippen molar-refractivity contribution < 1.29 is 18.7 Å². The number of nitrogens with zero attached hydrogens (tertiary/aromatic N) is 1. The molecule has 1 fully saturated rings. The average molecular weight is 395 g/mol. The van der Waals surface area contributed by atoms with E-state index in [0.29, 0.717) is 23.6 Å². The third-order valence-electron chi connectivity index (χ3n) is 5.74. The number of carbonyl (C=O) groups is 2. The van der Waals surface area contributed by atoms with E-state index in [1.807, 2.05) is 42.2 Å². The van der Waals surface area contributed by atoms with Crippen LogP contribution in [0.3, 0.4) is 0 Å². The quantitative estimate of drug-likeness (QED) is 0.692. The molecule has 2 atom stereocenters. The Morgan fingerprint density at radius 1 is 1.24 bits per heavy atom. The normalized spacial score (nSPS) is 18.6. The number of ether oxygens (including phenoxy) is 1. The zero-order valence-corrected chi connectivity index (χ0v) is 16.6. The largest absolute Gasteiger partial charge is 0.495 e. The first-order chi connectivity index (χ1) is 14.0. The van der Waals surface area contributed by atoms with Crippen molar-refractivity contribution in [2.24, 2.45) is 11.7 Å². The molecule has 2 heterocycles. The maximum atomic E-state index is 12.9. The topological polar surface area (TPSA) is 97.8 Å². The molecule has 2 aromatic carbocycles. The minimum atomic E-state index is -0.395. The second-order valence-corrected chi connectivity index (χ2v) is 7.55.